The summed E-state index contributed by atoms with van der Waals surface area (Å²) >= 11 is 0. The normalized spacial score (nSPS) is 14.0. The zero-order valence-corrected chi connectivity index (χ0v) is 18.1. The predicted octanol–water partition coefficient (Wildman–Crippen LogP) is 3.68. The maximum absolute atomic E-state index is 12.9. The molecule has 2 amide bonds. The molecule has 0 radical (unpaired) electrons. The van der Waals surface area contributed by atoms with Crippen molar-refractivity contribution in [2.75, 3.05) is 0 Å². The highest BCUT2D eigenvalue weighted by molar-refractivity contribution is 6.10. The molecule has 1 unspecified atom stereocenters. The van der Waals surface area contributed by atoms with Crippen LogP contribution in [0.4, 0.5) is 0 Å². The van der Waals surface area contributed by atoms with Crippen molar-refractivity contribution in [3.63, 3.8) is 0 Å². The zero-order chi connectivity index (χ0) is 22.1. The standard InChI is InChI=1S/C25H26N4O2/c1-16-23(17(2)28(27-16)15-20-10-6-5-7-11-20)14-26-24(30)19(4)29-18(3)21-12-8-9-13-22(21)25(29)31/h5-13,19H,3,14-15H2,1-2,4H3,(H,26,30). The third-order valence-electron chi connectivity index (χ3n) is 5.89. The number of nitrogens with one attached hydrogen (secondary N) is 1. The minimum absolute atomic E-state index is 0.189. The Balaban J connectivity index is 1.45. The molecule has 0 saturated carbocycles. The van der Waals surface area contributed by atoms with Gasteiger partial charge in [0, 0.05) is 34.6 Å². The van der Waals surface area contributed by atoms with Crippen LogP contribution >= 0.6 is 0 Å². The number of hydrogen-bond donors (Lipinski definition) is 1. The molecule has 1 aliphatic rings. The molecule has 0 aliphatic carbocycles. The number of amides is 2. The van der Waals surface area contributed by atoms with Gasteiger partial charge in [-0.25, -0.2) is 0 Å². The van der Waals surface area contributed by atoms with Crippen LogP contribution in [0.1, 0.15) is 45.4 Å². The van der Waals surface area contributed by atoms with Crippen molar-refractivity contribution in [1.29, 1.82) is 0 Å². The van der Waals surface area contributed by atoms with E-state index in [-0.39, 0.29) is 11.8 Å². The molecule has 1 aromatic heterocycles. The zero-order valence-electron chi connectivity index (χ0n) is 18.1. The third-order valence-corrected chi connectivity index (χ3v) is 5.89. The second-order valence-electron chi connectivity index (χ2n) is 7.85. The molecule has 6 heteroatoms. The van der Waals surface area contributed by atoms with E-state index < -0.39 is 6.04 Å². The second kappa shape index (κ2) is 8.22. The number of benzene rings is 2. The van der Waals surface area contributed by atoms with E-state index in [0.29, 0.717) is 24.4 Å². The number of hydrogen-bond acceptors (Lipinski definition) is 3. The van der Waals surface area contributed by atoms with Crippen molar-refractivity contribution in [1.82, 2.24) is 20.0 Å². The number of rotatable bonds is 6. The Bertz CT molecular complexity index is 1130. The summed E-state index contributed by atoms with van der Waals surface area (Å²) in [5.41, 5.74) is 5.99. The highest BCUT2D eigenvalue weighted by Gasteiger charge is 2.36. The van der Waals surface area contributed by atoms with Gasteiger partial charge in [-0.2, -0.15) is 5.10 Å². The van der Waals surface area contributed by atoms with Gasteiger partial charge in [0.2, 0.25) is 5.91 Å². The van der Waals surface area contributed by atoms with Crippen LogP contribution in [0.5, 0.6) is 0 Å². The Labute approximate surface area is 182 Å². The Hall–Kier alpha value is -3.67. The molecule has 1 aliphatic heterocycles. The van der Waals surface area contributed by atoms with Crippen LogP contribution in [-0.4, -0.2) is 32.5 Å². The topological polar surface area (TPSA) is 67.2 Å². The highest BCUT2D eigenvalue weighted by atomic mass is 16.2. The van der Waals surface area contributed by atoms with Crippen molar-refractivity contribution < 1.29 is 9.59 Å². The summed E-state index contributed by atoms with van der Waals surface area (Å²) in [6, 6.07) is 16.8. The molecule has 2 heterocycles. The van der Waals surface area contributed by atoms with Gasteiger partial charge >= 0.3 is 0 Å². The molecule has 2 aromatic carbocycles. The minimum Gasteiger partial charge on any atom is -0.350 e. The van der Waals surface area contributed by atoms with E-state index in [4.69, 9.17) is 0 Å². The fourth-order valence-electron chi connectivity index (χ4n) is 4.05. The lowest BCUT2D eigenvalue weighted by atomic mass is 10.1. The van der Waals surface area contributed by atoms with Gasteiger partial charge in [-0.1, -0.05) is 55.1 Å². The van der Waals surface area contributed by atoms with E-state index in [0.717, 1.165) is 22.5 Å². The van der Waals surface area contributed by atoms with E-state index in [9.17, 15) is 9.59 Å². The number of aromatic nitrogens is 2. The van der Waals surface area contributed by atoms with Crippen molar-refractivity contribution in [2.45, 2.75) is 39.9 Å². The number of carbonyl (C=O) groups is 2. The van der Waals surface area contributed by atoms with Gasteiger partial charge in [0.05, 0.1) is 12.2 Å². The van der Waals surface area contributed by atoms with Crippen LogP contribution in [0.15, 0.2) is 61.2 Å². The monoisotopic (exact) mass is 414 g/mol. The van der Waals surface area contributed by atoms with E-state index >= 15 is 0 Å². The molecule has 1 atom stereocenters. The summed E-state index contributed by atoms with van der Waals surface area (Å²) in [4.78, 5) is 27.1. The quantitative estimate of drug-likeness (QED) is 0.669. The van der Waals surface area contributed by atoms with E-state index in [1.807, 2.05) is 54.9 Å². The van der Waals surface area contributed by atoms with Crippen LogP contribution in [0.2, 0.25) is 0 Å². The van der Waals surface area contributed by atoms with E-state index in [1.54, 1.807) is 13.0 Å². The van der Waals surface area contributed by atoms with Crippen molar-refractivity contribution in [2.24, 2.45) is 0 Å². The Morgan fingerprint density at radius 2 is 1.71 bits per heavy atom. The lowest BCUT2D eigenvalue weighted by molar-refractivity contribution is -0.124. The van der Waals surface area contributed by atoms with Gasteiger partial charge in [-0.05, 0) is 32.4 Å². The van der Waals surface area contributed by atoms with Crippen LogP contribution in [0.25, 0.3) is 5.70 Å². The van der Waals surface area contributed by atoms with Crippen molar-refractivity contribution in [3.05, 3.63) is 94.8 Å². The molecule has 6 nitrogen and oxygen atoms in total. The molecule has 1 N–H and O–H groups in total. The Morgan fingerprint density at radius 3 is 2.39 bits per heavy atom. The Morgan fingerprint density at radius 1 is 1.06 bits per heavy atom. The van der Waals surface area contributed by atoms with Crippen LogP contribution in [-0.2, 0) is 17.9 Å². The largest absolute Gasteiger partial charge is 0.350 e. The van der Waals surface area contributed by atoms with Crippen LogP contribution in [0.3, 0.4) is 0 Å². The van der Waals surface area contributed by atoms with Gasteiger partial charge in [0.25, 0.3) is 5.91 Å². The van der Waals surface area contributed by atoms with Gasteiger partial charge in [-0.3, -0.25) is 19.2 Å². The third kappa shape index (κ3) is 3.77. The molecule has 0 bridgehead atoms. The predicted molar refractivity (Wildman–Crippen MR) is 120 cm³/mol. The molecule has 31 heavy (non-hydrogen) atoms. The first kappa shape index (κ1) is 20.6. The molecular formula is C25H26N4O2. The maximum atomic E-state index is 12.9. The summed E-state index contributed by atoms with van der Waals surface area (Å²) in [7, 11) is 0. The lowest BCUT2D eigenvalue weighted by Gasteiger charge is -2.24. The average Bonchev–Trinajstić information content (AvgIpc) is 3.19. The average molecular weight is 415 g/mol. The smallest absolute Gasteiger partial charge is 0.259 e. The first-order chi connectivity index (χ1) is 14.9. The molecule has 0 fully saturated rings. The summed E-state index contributed by atoms with van der Waals surface area (Å²) < 4.78 is 1.96. The van der Waals surface area contributed by atoms with E-state index in [1.165, 1.54) is 10.5 Å². The summed E-state index contributed by atoms with van der Waals surface area (Å²) in [5, 5.41) is 7.62. The van der Waals surface area contributed by atoms with Crippen LogP contribution in [0, 0.1) is 13.8 Å². The van der Waals surface area contributed by atoms with Gasteiger partial charge in [0.15, 0.2) is 0 Å². The minimum atomic E-state index is -0.660. The summed E-state index contributed by atoms with van der Waals surface area (Å²) in [6.07, 6.45) is 0. The van der Waals surface area contributed by atoms with Gasteiger partial charge in [-0.15, -0.1) is 0 Å². The Kier molecular flexibility index (Phi) is 5.46. The molecule has 158 valence electrons. The molecular weight excluding hydrogens is 388 g/mol. The van der Waals surface area contributed by atoms with Crippen molar-refractivity contribution >= 4 is 17.5 Å². The summed E-state index contributed by atoms with van der Waals surface area (Å²) in [6.45, 7) is 10.8. The number of carbonyl (C=O) groups excluding carboxylic acids is 2. The molecule has 0 saturated heterocycles. The van der Waals surface area contributed by atoms with Gasteiger partial charge < -0.3 is 5.32 Å². The fourth-order valence-corrected chi connectivity index (χ4v) is 4.05. The SMILES string of the molecule is C=C1c2ccccc2C(=O)N1C(C)C(=O)NCc1c(C)nn(Cc2ccccc2)c1C. The van der Waals surface area contributed by atoms with Crippen molar-refractivity contribution in [3.8, 4) is 0 Å². The van der Waals surface area contributed by atoms with E-state index in [2.05, 4.69) is 29.1 Å². The molecule has 3 aromatic rings. The van der Waals surface area contributed by atoms with Crippen LogP contribution < -0.4 is 5.32 Å². The fraction of sp³-hybridized carbons (Fsp3) is 0.240. The second-order valence-corrected chi connectivity index (χ2v) is 7.85. The summed E-state index contributed by atoms with van der Waals surface area (Å²) in [5.74, 6) is -0.414. The highest BCUT2D eigenvalue weighted by Crippen LogP contribution is 2.32. The first-order valence-corrected chi connectivity index (χ1v) is 10.3. The number of aryl methyl sites for hydroxylation is 1. The van der Waals surface area contributed by atoms with Gasteiger partial charge in [0.1, 0.15) is 6.04 Å². The molecule has 4 rings (SSSR count). The first-order valence-electron chi connectivity index (χ1n) is 10.3. The number of nitrogens with zero attached hydrogens (tertiary/aromatic N) is 3. The molecule has 0 spiro atoms. The maximum Gasteiger partial charge on any atom is 0.259 e. The lowest BCUT2D eigenvalue weighted by Crippen LogP contribution is -2.44. The number of fused-ring (bicyclic) bond motifs is 1.